The van der Waals surface area contributed by atoms with Gasteiger partial charge in [0.1, 0.15) is 4.90 Å². The van der Waals surface area contributed by atoms with Crippen LogP contribution in [0.2, 0.25) is 5.02 Å². The van der Waals surface area contributed by atoms with Crippen molar-refractivity contribution >= 4 is 89.4 Å². The first-order valence-corrected chi connectivity index (χ1v) is 34.8. The van der Waals surface area contributed by atoms with Crippen molar-refractivity contribution in [2.24, 2.45) is 23.2 Å². The van der Waals surface area contributed by atoms with E-state index >= 15 is 0 Å². The molecule has 5 saturated heterocycles. The summed E-state index contributed by atoms with van der Waals surface area (Å²) >= 11 is 7.70. The van der Waals surface area contributed by atoms with Crippen LogP contribution >= 0.6 is 23.4 Å². The molecule has 16 nitrogen and oxygen atoms in total. The standard InChI is InChI=1S/C65H77ClF3N9O7S3/c1-64(2)27-22-58(46-8-12-51(66)13-9-46)48(37-64)39-73-32-34-77(35-33-73)53-14-10-47(11-15-53)62(80)72-88(84,85)57-20-21-59(60(36-57)87(82,83)65(67,68)69)70-52(44-86-56-6-4-3-5-7-56)25-28-74-40-49-42-75(43-50(49)41-74)38-45-23-29-76(30-24-45)54-16-18-55(19-17-54)78-31-26-61(79)71-63(78)81/h3-21,36,45,49-50,52,70H,22-35,37-44H2,1-2H3,(H,72,80)(H,71,79,81)/t49?,50?,52-/m1/s1. The van der Waals surface area contributed by atoms with Crippen molar-refractivity contribution in [3.8, 4) is 0 Å². The molecule has 88 heavy (non-hydrogen) atoms. The first-order valence-electron chi connectivity index (χ1n) is 30.4. The number of alkyl halides is 3. The minimum atomic E-state index is -6.11. The van der Waals surface area contributed by atoms with Crippen LogP contribution in [0.5, 0.6) is 0 Å². The van der Waals surface area contributed by atoms with Gasteiger partial charge in [-0.3, -0.25) is 24.7 Å². The largest absolute Gasteiger partial charge is 0.501 e. The third-order valence-electron chi connectivity index (χ3n) is 18.4. The Kier molecular flexibility index (Phi) is 19.3. The predicted molar refractivity (Wildman–Crippen MR) is 341 cm³/mol. The Morgan fingerprint density at radius 3 is 2.01 bits per heavy atom. The van der Waals surface area contributed by atoms with E-state index in [1.54, 1.807) is 17.0 Å². The Bertz CT molecular complexity index is 3570. The number of nitrogens with zero attached hydrogens (tertiary/aromatic N) is 6. The zero-order chi connectivity index (χ0) is 62.0. The van der Waals surface area contributed by atoms with Crippen LogP contribution in [-0.4, -0.2) is 158 Å². The molecule has 3 atom stereocenters. The summed E-state index contributed by atoms with van der Waals surface area (Å²) in [4.78, 5) is 50.0. The minimum Gasteiger partial charge on any atom is -0.380 e. The number of sulfone groups is 1. The number of likely N-dealkylation sites (tertiary alicyclic amines) is 2. The molecule has 5 aromatic rings. The van der Waals surface area contributed by atoms with Gasteiger partial charge in [0.05, 0.1) is 10.6 Å². The topological polar surface area (TPSA) is 175 Å². The molecule has 2 unspecified atom stereocenters. The molecule has 5 heterocycles. The van der Waals surface area contributed by atoms with E-state index in [-0.39, 0.29) is 23.3 Å². The molecule has 470 valence electrons. The number of amides is 4. The number of rotatable bonds is 20. The van der Waals surface area contributed by atoms with Gasteiger partial charge < -0.3 is 24.9 Å². The van der Waals surface area contributed by atoms with E-state index < -0.39 is 58.8 Å². The fourth-order valence-electron chi connectivity index (χ4n) is 13.6. The highest BCUT2D eigenvalue weighted by Gasteiger charge is 2.49. The van der Waals surface area contributed by atoms with Gasteiger partial charge in [0.25, 0.3) is 25.8 Å². The normalized spacial score (nSPS) is 21.4. The number of piperidine rings is 1. The predicted octanol–water partition coefficient (Wildman–Crippen LogP) is 10.7. The van der Waals surface area contributed by atoms with Crippen molar-refractivity contribution < 1.29 is 44.4 Å². The maximum atomic E-state index is 14.6. The molecule has 0 aromatic heterocycles. The van der Waals surface area contributed by atoms with Crippen molar-refractivity contribution in [2.45, 2.75) is 85.0 Å². The van der Waals surface area contributed by atoms with Crippen LogP contribution in [0.25, 0.3) is 5.57 Å². The van der Waals surface area contributed by atoms with Gasteiger partial charge in [0.2, 0.25) is 5.91 Å². The summed E-state index contributed by atoms with van der Waals surface area (Å²) in [6.07, 6.45) is 5.99. The Balaban J connectivity index is 0.689. The van der Waals surface area contributed by atoms with Crippen molar-refractivity contribution in [1.29, 1.82) is 0 Å². The number of allylic oxidation sites excluding steroid dienone is 1. The molecule has 3 N–H and O–H groups in total. The van der Waals surface area contributed by atoms with Gasteiger partial charge in [0.15, 0.2) is 0 Å². The maximum absolute atomic E-state index is 14.6. The van der Waals surface area contributed by atoms with Gasteiger partial charge in [-0.25, -0.2) is 26.4 Å². The lowest BCUT2D eigenvalue weighted by molar-refractivity contribution is -0.120. The molecule has 4 amide bonds. The van der Waals surface area contributed by atoms with Crippen LogP contribution in [0, 0.1) is 23.2 Å². The monoisotopic (exact) mass is 1280 g/mol. The molecular formula is C65H77ClF3N9O7S3. The van der Waals surface area contributed by atoms with Crippen molar-refractivity contribution in [2.75, 3.05) is 117 Å². The number of hydrogen-bond donors (Lipinski definition) is 3. The molecule has 0 bridgehead atoms. The lowest BCUT2D eigenvalue weighted by Crippen LogP contribution is -2.49. The fourth-order valence-corrected chi connectivity index (χ4v) is 16.7. The first kappa shape index (κ1) is 63.4. The number of nitrogens with one attached hydrogen (secondary N) is 3. The molecule has 5 aliphatic heterocycles. The number of anilines is 4. The lowest BCUT2D eigenvalue weighted by atomic mass is 9.73. The van der Waals surface area contributed by atoms with Crippen LogP contribution in [-0.2, 0) is 24.7 Å². The molecule has 0 spiro atoms. The molecule has 5 aromatic carbocycles. The zero-order valence-corrected chi connectivity index (χ0v) is 52.9. The van der Waals surface area contributed by atoms with Crippen LogP contribution in [0.15, 0.2) is 142 Å². The highest BCUT2D eigenvalue weighted by atomic mass is 35.5. The molecule has 23 heteroatoms. The van der Waals surface area contributed by atoms with Gasteiger partial charge in [-0.2, -0.15) is 13.2 Å². The third-order valence-corrected chi connectivity index (χ3v) is 22.7. The number of imide groups is 1. The molecule has 0 saturated carbocycles. The second-order valence-corrected chi connectivity index (χ2v) is 30.4. The van der Waals surface area contributed by atoms with Gasteiger partial charge in [-0.15, -0.1) is 11.8 Å². The van der Waals surface area contributed by atoms with Crippen LogP contribution in [0.3, 0.4) is 0 Å². The number of carbonyl (C=O) groups is 3. The van der Waals surface area contributed by atoms with Crippen molar-refractivity contribution in [3.63, 3.8) is 0 Å². The molecule has 1 aliphatic carbocycles. The summed E-state index contributed by atoms with van der Waals surface area (Å²) in [6, 6.07) is 33.6. The number of fused-ring (bicyclic) bond motifs is 1. The maximum Gasteiger partial charge on any atom is 0.501 e. The molecular weight excluding hydrogens is 1210 g/mol. The van der Waals surface area contributed by atoms with Crippen LogP contribution in [0.4, 0.5) is 40.7 Å². The van der Waals surface area contributed by atoms with E-state index in [9.17, 15) is 44.4 Å². The quantitative estimate of drug-likeness (QED) is 0.0628. The average Bonchev–Trinajstić information content (AvgIpc) is 1.98. The highest BCUT2D eigenvalue weighted by Crippen LogP contribution is 2.44. The molecule has 5 fully saturated rings. The summed E-state index contributed by atoms with van der Waals surface area (Å²) in [5.74, 6) is 0.574. The van der Waals surface area contributed by atoms with E-state index in [1.165, 1.54) is 40.6 Å². The Morgan fingerprint density at radius 1 is 0.739 bits per heavy atom. The van der Waals surface area contributed by atoms with E-state index in [2.05, 4.69) is 61.1 Å². The van der Waals surface area contributed by atoms with Gasteiger partial charge in [-0.1, -0.05) is 61.4 Å². The van der Waals surface area contributed by atoms with E-state index in [0.29, 0.717) is 54.1 Å². The summed E-state index contributed by atoms with van der Waals surface area (Å²) in [5, 5.41) is 6.19. The number of halogens is 4. The number of carbonyl (C=O) groups excluding carboxylic acids is 3. The Labute approximate surface area is 524 Å². The van der Waals surface area contributed by atoms with E-state index in [4.69, 9.17) is 11.6 Å². The summed E-state index contributed by atoms with van der Waals surface area (Å²) < 4.78 is 100. The van der Waals surface area contributed by atoms with Crippen LogP contribution in [0.1, 0.15) is 74.7 Å². The Hall–Kier alpha value is -6.14. The summed E-state index contributed by atoms with van der Waals surface area (Å²) in [5.41, 5.74) is 0.801. The molecule has 0 radical (unpaired) electrons. The highest BCUT2D eigenvalue weighted by molar-refractivity contribution is 7.99. The second kappa shape index (κ2) is 26.7. The second-order valence-electron chi connectivity index (χ2n) is 25.2. The van der Waals surface area contributed by atoms with Crippen molar-refractivity contribution in [3.05, 3.63) is 143 Å². The molecule has 6 aliphatic rings. The van der Waals surface area contributed by atoms with E-state index in [1.807, 2.05) is 71.5 Å². The number of benzene rings is 5. The average molecular weight is 1290 g/mol. The SMILES string of the molecule is CC1(C)CCC(c2ccc(Cl)cc2)=C(CN2CCN(c3ccc(C(=O)NS(=O)(=O)c4ccc(N[C@H](CCN5CC6CN(CC7CCN(c8ccc(N9CCC(=O)NC9=O)cc8)CC7)CC6C5)CSc5ccccc5)c(S(=O)(=O)C(F)(F)F)c4)cc3)CC2)C1. The lowest BCUT2D eigenvalue weighted by Gasteiger charge is -2.39. The first-order chi connectivity index (χ1) is 42.0. The van der Waals surface area contributed by atoms with Gasteiger partial charge in [0, 0.05) is 142 Å². The number of piperazine rings is 1. The number of urea groups is 1. The van der Waals surface area contributed by atoms with Gasteiger partial charge >= 0.3 is 11.5 Å². The van der Waals surface area contributed by atoms with Gasteiger partial charge in [-0.05, 0) is 164 Å². The summed E-state index contributed by atoms with van der Waals surface area (Å²) in [6.45, 7) is 16.1. The smallest absolute Gasteiger partial charge is 0.380 e. The van der Waals surface area contributed by atoms with Crippen LogP contribution < -0.4 is 30.1 Å². The zero-order valence-electron chi connectivity index (χ0n) is 49.7. The fraction of sp³-hybridized carbons (Fsp3) is 0.462. The summed E-state index contributed by atoms with van der Waals surface area (Å²) in [7, 11) is -11.0. The Morgan fingerprint density at radius 2 is 1.36 bits per heavy atom. The minimum absolute atomic E-state index is 0.00588. The number of thioether (sulfide) groups is 1. The molecule has 11 rings (SSSR count). The number of hydrogen-bond acceptors (Lipinski definition) is 14. The third kappa shape index (κ3) is 15.2. The van der Waals surface area contributed by atoms with E-state index in [0.717, 1.165) is 145 Å². The van der Waals surface area contributed by atoms with Crippen molar-refractivity contribution in [1.82, 2.24) is 24.7 Å². The number of sulfonamides is 1.